The van der Waals surface area contributed by atoms with E-state index in [4.69, 9.17) is 9.84 Å². The van der Waals surface area contributed by atoms with E-state index in [0.29, 0.717) is 29.8 Å². The predicted molar refractivity (Wildman–Crippen MR) is 64.9 cm³/mol. The van der Waals surface area contributed by atoms with Crippen molar-refractivity contribution in [3.05, 3.63) is 0 Å². The molecule has 0 aromatic carbocycles. The average molecular weight is 254 g/mol. The molecule has 2 N–H and O–H groups in total. The lowest BCUT2D eigenvalue weighted by atomic mass is 9.91. The molecule has 0 bridgehead atoms. The number of unbranched alkanes of at least 4 members (excludes halogenated alkanes) is 3. The Morgan fingerprint density at radius 1 is 1.22 bits per heavy atom. The SMILES string of the molecule is O=C(O)CCCCCCC12C3CCC1C2C(O)O3. The van der Waals surface area contributed by atoms with Gasteiger partial charge in [0.1, 0.15) is 0 Å². The first-order valence-corrected chi connectivity index (χ1v) is 7.21. The van der Waals surface area contributed by atoms with E-state index in [0.717, 1.165) is 38.5 Å². The van der Waals surface area contributed by atoms with Gasteiger partial charge >= 0.3 is 5.97 Å². The minimum Gasteiger partial charge on any atom is -0.481 e. The van der Waals surface area contributed by atoms with Gasteiger partial charge in [-0.15, -0.1) is 0 Å². The van der Waals surface area contributed by atoms with E-state index in [-0.39, 0.29) is 0 Å². The number of hydrogen-bond acceptors (Lipinski definition) is 3. The second-order valence-electron chi connectivity index (χ2n) is 6.15. The van der Waals surface area contributed by atoms with Crippen molar-refractivity contribution in [3.8, 4) is 0 Å². The van der Waals surface area contributed by atoms with E-state index in [9.17, 15) is 9.90 Å². The quantitative estimate of drug-likeness (QED) is 0.683. The average Bonchev–Trinajstić information content (AvgIpc) is 2.79. The van der Waals surface area contributed by atoms with Crippen molar-refractivity contribution < 1.29 is 19.7 Å². The normalized spacial score (nSPS) is 44.1. The predicted octanol–water partition coefficient (Wildman–Crippen LogP) is 2.16. The summed E-state index contributed by atoms with van der Waals surface area (Å²) in [6, 6.07) is 0. The second kappa shape index (κ2) is 4.49. The van der Waals surface area contributed by atoms with Crippen LogP contribution in [0.1, 0.15) is 51.4 Å². The molecule has 3 aliphatic rings. The van der Waals surface area contributed by atoms with Crippen LogP contribution in [0.4, 0.5) is 0 Å². The Balaban J connectivity index is 1.39. The number of carboxylic acids is 1. The molecule has 1 aliphatic heterocycles. The minimum absolute atomic E-state index is 0.293. The molecule has 0 radical (unpaired) electrons. The Morgan fingerprint density at radius 2 is 2.00 bits per heavy atom. The van der Waals surface area contributed by atoms with Gasteiger partial charge in [-0.1, -0.05) is 19.3 Å². The number of carboxylic acid groups (broad SMARTS) is 1. The van der Waals surface area contributed by atoms with E-state index in [1.165, 1.54) is 6.42 Å². The van der Waals surface area contributed by atoms with Gasteiger partial charge in [0, 0.05) is 17.8 Å². The lowest BCUT2D eigenvalue weighted by Gasteiger charge is -2.18. The maximum atomic E-state index is 10.4. The highest BCUT2D eigenvalue weighted by molar-refractivity contribution is 5.66. The van der Waals surface area contributed by atoms with Crippen LogP contribution in [0.3, 0.4) is 0 Å². The molecule has 0 aromatic heterocycles. The molecule has 0 spiro atoms. The molecule has 1 saturated heterocycles. The van der Waals surface area contributed by atoms with Gasteiger partial charge in [-0.05, 0) is 31.6 Å². The number of fused-ring (bicyclic) bond motifs is 1. The van der Waals surface area contributed by atoms with Crippen LogP contribution in [0, 0.1) is 17.3 Å². The van der Waals surface area contributed by atoms with Crippen molar-refractivity contribution >= 4 is 5.97 Å². The minimum atomic E-state index is -0.693. The standard InChI is InChI=1S/C14H22O4/c15-11(16)5-3-1-2-4-8-14-9-6-7-10(14)18-13(17)12(9)14/h9-10,12-13,17H,1-8H2,(H,15,16). The van der Waals surface area contributed by atoms with Crippen LogP contribution in [-0.2, 0) is 9.53 Å². The fourth-order valence-corrected chi connectivity index (χ4v) is 4.56. The Morgan fingerprint density at radius 3 is 2.67 bits per heavy atom. The maximum absolute atomic E-state index is 10.4. The number of carbonyl (C=O) groups is 1. The number of hydrogen-bond donors (Lipinski definition) is 2. The highest BCUT2D eigenvalue weighted by Gasteiger charge is 2.77. The summed E-state index contributed by atoms with van der Waals surface area (Å²) in [4.78, 5) is 10.4. The van der Waals surface area contributed by atoms with Crippen molar-refractivity contribution in [2.45, 2.75) is 63.8 Å². The van der Waals surface area contributed by atoms with E-state index in [2.05, 4.69) is 0 Å². The zero-order valence-corrected chi connectivity index (χ0v) is 10.7. The molecule has 0 amide bonds. The highest BCUT2D eigenvalue weighted by atomic mass is 16.6. The lowest BCUT2D eigenvalue weighted by molar-refractivity contribution is -0.137. The highest BCUT2D eigenvalue weighted by Crippen LogP contribution is 2.76. The lowest BCUT2D eigenvalue weighted by Crippen LogP contribution is -2.19. The Hall–Kier alpha value is -0.610. The van der Waals surface area contributed by atoms with Crippen molar-refractivity contribution in [2.24, 2.45) is 17.3 Å². The summed E-state index contributed by atoms with van der Waals surface area (Å²) >= 11 is 0. The van der Waals surface area contributed by atoms with Crippen LogP contribution in [0.2, 0.25) is 0 Å². The molecular formula is C14H22O4. The van der Waals surface area contributed by atoms with E-state index < -0.39 is 12.3 Å². The van der Waals surface area contributed by atoms with Crippen LogP contribution in [0.25, 0.3) is 0 Å². The van der Waals surface area contributed by atoms with Crippen LogP contribution >= 0.6 is 0 Å². The smallest absolute Gasteiger partial charge is 0.303 e. The molecule has 3 rings (SSSR count). The Kier molecular flexibility index (Phi) is 3.10. The molecule has 2 saturated carbocycles. The van der Waals surface area contributed by atoms with Crippen molar-refractivity contribution in [1.29, 1.82) is 0 Å². The summed E-state index contributed by atoms with van der Waals surface area (Å²) in [6.07, 6.45) is 7.66. The zero-order valence-electron chi connectivity index (χ0n) is 10.7. The van der Waals surface area contributed by atoms with Gasteiger partial charge in [0.2, 0.25) is 0 Å². The van der Waals surface area contributed by atoms with Gasteiger partial charge < -0.3 is 14.9 Å². The van der Waals surface area contributed by atoms with Gasteiger partial charge in [0.15, 0.2) is 6.29 Å². The van der Waals surface area contributed by atoms with Crippen molar-refractivity contribution in [2.75, 3.05) is 0 Å². The fourth-order valence-electron chi connectivity index (χ4n) is 4.56. The van der Waals surface area contributed by atoms with Crippen LogP contribution in [0.15, 0.2) is 0 Å². The van der Waals surface area contributed by atoms with Gasteiger partial charge in [-0.2, -0.15) is 0 Å². The van der Waals surface area contributed by atoms with Crippen molar-refractivity contribution in [3.63, 3.8) is 0 Å². The van der Waals surface area contributed by atoms with E-state index >= 15 is 0 Å². The summed E-state index contributed by atoms with van der Waals surface area (Å²) in [6.45, 7) is 0. The third kappa shape index (κ3) is 1.77. The monoisotopic (exact) mass is 254 g/mol. The topological polar surface area (TPSA) is 66.8 Å². The number of aliphatic hydroxyl groups is 1. The maximum Gasteiger partial charge on any atom is 0.303 e. The molecule has 18 heavy (non-hydrogen) atoms. The van der Waals surface area contributed by atoms with Crippen LogP contribution < -0.4 is 0 Å². The summed E-state index contributed by atoms with van der Waals surface area (Å²) in [5.41, 5.74) is 0.312. The molecule has 5 unspecified atom stereocenters. The Bertz CT molecular complexity index is 339. The number of rotatable bonds is 7. The number of aliphatic carboxylic acids is 1. The molecule has 5 atom stereocenters. The summed E-state index contributed by atoms with van der Waals surface area (Å²) in [7, 11) is 0. The van der Waals surface area contributed by atoms with Gasteiger partial charge in [-0.25, -0.2) is 0 Å². The third-order valence-electron chi connectivity index (χ3n) is 5.34. The summed E-state index contributed by atoms with van der Waals surface area (Å²) < 4.78 is 5.60. The molecule has 1 heterocycles. The molecule has 3 fully saturated rings. The molecule has 4 heteroatoms. The molecular weight excluding hydrogens is 232 g/mol. The summed E-state index contributed by atoms with van der Waals surface area (Å²) in [5, 5.41) is 18.4. The molecule has 102 valence electrons. The van der Waals surface area contributed by atoms with Crippen molar-refractivity contribution in [1.82, 2.24) is 0 Å². The van der Waals surface area contributed by atoms with Gasteiger partial charge in [0.05, 0.1) is 6.10 Å². The molecule has 2 aliphatic carbocycles. The summed E-state index contributed by atoms with van der Waals surface area (Å²) in [5.74, 6) is 0.432. The van der Waals surface area contributed by atoms with Crippen LogP contribution in [0.5, 0.6) is 0 Å². The first-order chi connectivity index (χ1) is 8.66. The van der Waals surface area contributed by atoms with Gasteiger partial charge in [0.25, 0.3) is 0 Å². The van der Waals surface area contributed by atoms with Crippen LogP contribution in [-0.4, -0.2) is 28.6 Å². The van der Waals surface area contributed by atoms with E-state index in [1.807, 2.05) is 0 Å². The second-order valence-corrected chi connectivity index (χ2v) is 6.15. The third-order valence-corrected chi connectivity index (χ3v) is 5.34. The number of aliphatic hydroxyl groups excluding tert-OH is 1. The molecule has 0 aromatic rings. The first kappa shape index (κ1) is 12.4. The fraction of sp³-hybridized carbons (Fsp3) is 0.929. The first-order valence-electron chi connectivity index (χ1n) is 7.21. The molecule has 4 nitrogen and oxygen atoms in total. The largest absolute Gasteiger partial charge is 0.481 e. The Labute approximate surface area is 107 Å². The zero-order chi connectivity index (χ0) is 12.8. The van der Waals surface area contributed by atoms with Gasteiger partial charge in [-0.3, -0.25) is 4.79 Å². The number of ether oxygens (including phenoxy) is 1. The van der Waals surface area contributed by atoms with E-state index in [1.54, 1.807) is 0 Å².